The minimum atomic E-state index is 0.472. The molecule has 78 valence electrons. The van der Waals surface area contributed by atoms with E-state index in [0.29, 0.717) is 5.41 Å². The molecule has 1 fully saturated rings. The lowest BCUT2D eigenvalue weighted by Crippen LogP contribution is -2.27. The van der Waals surface area contributed by atoms with Crippen LogP contribution in [0.25, 0.3) is 0 Å². The van der Waals surface area contributed by atoms with E-state index >= 15 is 0 Å². The molecule has 0 aromatic carbocycles. The van der Waals surface area contributed by atoms with Gasteiger partial charge in [0.1, 0.15) is 0 Å². The second-order valence-electron chi connectivity index (χ2n) is 5.31. The molecule has 2 atom stereocenters. The lowest BCUT2D eigenvalue weighted by molar-refractivity contribution is 0.235. The third kappa shape index (κ3) is 1.94. The zero-order valence-corrected chi connectivity index (χ0v) is 9.55. The van der Waals surface area contributed by atoms with Gasteiger partial charge in [-0.2, -0.15) is 0 Å². The van der Waals surface area contributed by atoms with Crippen molar-refractivity contribution in [3.05, 3.63) is 23.8 Å². The number of hydrogen-bond acceptors (Lipinski definition) is 0. The average molecular weight is 190 g/mol. The van der Waals surface area contributed by atoms with Gasteiger partial charge >= 0.3 is 0 Å². The van der Waals surface area contributed by atoms with Gasteiger partial charge < -0.3 is 0 Å². The summed E-state index contributed by atoms with van der Waals surface area (Å²) in [6.45, 7) is 4.68. The highest BCUT2D eigenvalue weighted by atomic mass is 14.4. The van der Waals surface area contributed by atoms with E-state index in [-0.39, 0.29) is 0 Å². The Labute approximate surface area is 88.1 Å². The van der Waals surface area contributed by atoms with Crippen molar-refractivity contribution in [3.8, 4) is 0 Å². The van der Waals surface area contributed by atoms with E-state index in [4.69, 9.17) is 0 Å². The Bertz CT molecular complexity index is 259. The summed E-state index contributed by atoms with van der Waals surface area (Å²) in [6.07, 6.45) is 15.8. The van der Waals surface area contributed by atoms with Gasteiger partial charge in [-0.1, -0.05) is 56.4 Å². The normalized spacial score (nSPS) is 38.1. The van der Waals surface area contributed by atoms with Gasteiger partial charge in [0.15, 0.2) is 0 Å². The molecule has 0 saturated heterocycles. The van der Waals surface area contributed by atoms with Gasteiger partial charge in [-0.25, -0.2) is 0 Å². The maximum Gasteiger partial charge on any atom is -0.00804 e. The summed E-state index contributed by atoms with van der Waals surface area (Å²) in [7, 11) is 0. The Hall–Kier alpha value is -0.520. The van der Waals surface area contributed by atoms with Crippen LogP contribution in [0.1, 0.15) is 52.4 Å². The number of hydrogen-bond donors (Lipinski definition) is 0. The molecule has 0 spiro atoms. The van der Waals surface area contributed by atoms with E-state index in [2.05, 4.69) is 32.1 Å². The molecule has 0 N–H and O–H groups in total. The average Bonchev–Trinajstić information content (AvgIpc) is 2.14. The first-order chi connectivity index (χ1) is 6.71. The molecule has 0 amide bonds. The van der Waals surface area contributed by atoms with E-state index in [9.17, 15) is 0 Å². The molecule has 0 aromatic rings. The van der Waals surface area contributed by atoms with Gasteiger partial charge in [0.25, 0.3) is 0 Å². The molecule has 2 aliphatic rings. The fraction of sp³-hybridized carbons (Fsp3) is 0.714. The first-order valence-electron chi connectivity index (χ1n) is 6.08. The van der Waals surface area contributed by atoms with Crippen LogP contribution in [0.4, 0.5) is 0 Å². The Morgan fingerprint density at radius 2 is 2.00 bits per heavy atom. The highest BCUT2D eigenvalue weighted by molar-refractivity contribution is 5.26. The van der Waals surface area contributed by atoms with Crippen LogP contribution in [0.5, 0.6) is 0 Å². The maximum absolute atomic E-state index is 2.51. The molecule has 14 heavy (non-hydrogen) atoms. The third-order valence-electron chi connectivity index (χ3n) is 4.02. The molecule has 0 nitrogen and oxygen atoms in total. The summed E-state index contributed by atoms with van der Waals surface area (Å²) < 4.78 is 0. The lowest BCUT2D eigenvalue weighted by Gasteiger charge is -2.38. The molecule has 1 saturated carbocycles. The molecule has 2 rings (SSSR count). The maximum atomic E-state index is 2.51. The minimum absolute atomic E-state index is 0.472. The van der Waals surface area contributed by atoms with E-state index in [1.165, 1.54) is 44.1 Å². The molecule has 0 aliphatic heterocycles. The van der Waals surface area contributed by atoms with Crippen molar-refractivity contribution in [2.45, 2.75) is 52.4 Å². The zero-order valence-electron chi connectivity index (χ0n) is 9.55. The van der Waals surface area contributed by atoms with Crippen molar-refractivity contribution in [3.63, 3.8) is 0 Å². The van der Waals surface area contributed by atoms with E-state index < -0.39 is 0 Å². The molecule has 0 heteroatoms. The SMILES string of the molecule is CC1=CC2CCCCCCC2(C)C=C1. The Morgan fingerprint density at radius 3 is 2.86 bits per heavy atom. The first-order valence-corrected chi connectivity index (χ1v) is 6.08. The predicted molar refractivity (Wildman–Crippen MR) is 62.2 cm³/mol. The standard InChI is InChI=1S/C14H22/c1-12-8-10-14(2)9-6-4-3-5-7-13(14)11-12/h8,10-11,13H,3-7,9H2,1-2H3. The Balaban J connectivity index is 2.18. The van der Waals surface area contributed by atoms with Gasteiger partial charge in [-0.05, 0) is 31.1 Å². The van der Waals surface area contributed by atoms with Crippen LogP contribution in [0.2, 0.25) is 0 Å². The molecule has 0 radical (unpaired) electrons. The van der Waals surface area contributed by atoms with Crippen molar-refractivity contribution in [1.29, 1.82) is 0 Å². The van der Waals surface area contributed by atoms with Gasteiger partial charge in [-0.15, -0.1) is 0 Å². The fourth-order valence-corrected chi connectivity index (χ4v) is 2.91. The molecule has 2 aliphatic carbocycles. The van der Waals surface area contributed by atoms with E-state index in [1.54, 1.807) is 0 Å². The molecular weight excluding hydrogens is 168 g/mol. The summed E-state index contributed by atoms with van der Waals surface area (Å²) in [5.74, 6) is 0.813. The molecular formula is C14H22. The van der Waals surface area contributed by atoms with Crippen molar-refractivity contribution in [2.24, 2.45) is 11.3 Å². The largest absolute Gasteiger partial charge is 0.0777 e. The summed E-state index contributed by atoms with van der Waals surface area (Å²) >= 11 is 0. The van der Waals surface area contributed by atoms with E-state index in [0.717, 1.165) is 5.92 Å². The number of rotatable bonds is 0. The summed E-state index contributed by atoms with van der Waals surface area (Å²) in [4.78, 5) is 0. The van der Waals surface area contributed by atoms with Crippen LogP contribution in [0.3, 0.4) is 0 Å². The van der Waals surface area contributed by atoms with Crippen LogP contribution in [0, 0.1) is 11.3 Å². The van der Waals surface area contributed by atoms with Gasteiger partial charge in [-0.3, -0.25) is 0 Å². The van der Waals surface area contributed by atoms with Crippen LogP contribution < -0.4 is 0 Å². The smallest absolute Gasteiger partial charge is 0.00804 e. The van der Waals surface area contributed by atoms with Crippen molar-refractivity contribution in [2.75, 3.05) is 0 Å². The van der Waals surface area contributed by atoms with Crippen LogP contribution >= 0.6 is 0 Å². The van der Waals surface area contributed by atoms with Gasteiger partial charge in [0.2, 0.25) is 0 Å². The first kappa shape index (κ1) is 10.0. The molecule has 0 heterocycles. The monoisotopic (exact) mass is 190 g/mol. The summed E-state index contributed by atoms with van der Waals surface area (Å²) in [5.41, 5.74) is 1.94. The van der Waals surface area contributed by atoms with Crippen LogP contribution in [-0.4, -0.2) is 0 Å². The topological polar surface area (TPSA) is 0 Å². The number of allylic oxidation sites excluding steroid dienone is 4. The molecule has 0 aromatic heterocycles. The Morgan fingerprint density at radius 1 is 1.21 bits per heavy atom. The quantitative estimate of drug-likeness (QED) is 0.528. The van der Waals surface area contributed by atoms with Crippen molar-refractivity contribution < 1.29 is 0 Å². The summed E-state index contributed by atoms with van der Waals surface area (Å²) in [6, 6.07) is 0. The van der Waals surface area contributed by atoms with Crippen molar-refractivity contribution in [1.82, 2.24) is 0 Å². The molecule has 0 bridgehead atoms. The second kappa shape index (κ2) is 3.92. The highest BCUT2D eigenvalue weighted by Gasteiger charge is 2.32. The lowest BCUT2D eigenvalue weighted by atomic mass is 9.67. The minimum Gasteiger partial charge on any atom is -0.0777 e. The fourth-order valence-electron chi connectivity index (χ4n) is 2.91. The zero-order chi connectivity index (χ0) is 10.0. The van der Waals surface area contributed by atoms with E-state index in [1.807, 2.05) is 0 Å². The molecule has 2 unspecified atom stereocenters. The third-order valence-corrected chi connectivity index (χ3v) is 4.02. The van der Waals surface area contributed by atoms with Crippen molar-refractivity contribution >= 4 is 0 Å². The van der Waals surface area contributed by atoms with Crippen LogP contribution in [-0.2, 0) is 0 Å². The predicted octanol–water partition coefficient (Wildman–Crippen LogP) is 4.48. The summed E-state index contributed by atoms with van der Waals surface area (Å²) in [5, 5.41) is 0. The second-order valence-corrected chi connectivity index (χ2v) is 5.31. The van der Waals surface area contributed by atoms with Gasteiger partial charge in [0.05, 0.1) is 0 Å². The Kier molecular flexibility index (Phi) is 2.80. The number of fused-ring (bicyclic) bond motifs is 1. The highest BCUT2D eigenvalue weighted by Crippen LogP contribution is 2.43. The van der Waals surface area contributed by atoms with Crippen LogP contribution in [0.15, 0.2) is 23.8 Å². The van der Waals surface area contributed by atoms with Gasteiger partial charge in [0, 0.05) is 0 Å².